The normalized spacial score (nSPS) is 13.9. The average Bonchev–Trinajstić information content (AvgIpc) is 2.17. The van der Waals surface area contributed by atoms with E-state index in [1.165, 1.54) is 0 Å². The Morgan fingerprint density at radius 2 is 1.75 bits per heavy atom. The molecule has 0 aromatic heterocycles. The lowest BCUT2D eigenvalue weighted by Gasteiger charge is -2.29. The van der Waals surface area contributed by atoms with Crippen molar-refractivity contribution in [3.05, 3.63) is 35.9 Å². The van der Waals surface area contributed by atoms with Gasteiger partial charge in [0.2, 0.25) is 0 Å². The maximum Gasteiger partial charge on any atom is 0.169 e. The van der Waals surface area contributed by atoms with Gasteiger partial charge in [-0.1, -0.05) is 30.3 Å². The average molecular weight is 237 g/mol. The number of nitrogens with zero attached hydrogens (tertiary/aromatic N) is 1. The van der Waals surface area contributed by atoms with Crippen LogP contribution < -0.4 is 0 Å². The van der Waals surface area contributed by atoms with Crippen molar-refractivity contribution in [3.63, 3.8) is 0 Å². The Labute approximate surface area is 103 Å². The molecule has 0 N–H and O–H groups in total. The van der Waals surface area contributed by atoms with Crippen molar-refractivity contribution in [2.45, 2.75) is 24.6 Å². The highest BCUT2D eigenvalue weighted by atomic mass is 32.1. The molecule has 0 aliphatic heterocycles. The number of carbonyl (C=O) groups excluding carboxylic acids is 1. The molecule has 1 aromatic carbocycles. The van der Waals surface area contributed by atoms with Gasteiger partial charge in [-0.3, -0.25) is 9.69 Å². The second kappa shape index (κ2) is 5.02. The lowest BCUT2D eigenvalue weighted by molar-refractivity contribution is -0.125. The molecular formula is C13H19NOS. The van der Waals surface area contributed by atoms with Crippen LogP contribution >= 0.6 is 12.6 Å². The van der Waals surface area contributed by atoms with Crippen molar-refractivity contribution in [2.24, 2.45) is 0 Å². The summed E-state index contributed by atoms with van der Waals surface area (Å²) < 4.78 is -0.620. The third kappa shape index (κ3) is 3.09. The van der Waals surface area contributed by atoms with Crippen LogP contribution in [0.2, 0.25) is 0 Å². The summed E-state index contributed by atoms with van der Waals surface area (Å²) in [5, 5.41) is 0. The van der Waals surface area contributed by atoms with E-state index in [0.29, 0.717) is 0 Å². The van der Waals surface area contributed by atoms with Crippen molar-refractivity contribution in [1.29, 1.82) is 0 Å². The largest absolute Gasteiger partial charge is 0.296 e. The molecule has 2 nitrogen and oxygen atoms in total. The SMILES string of the molecule is CN(C)[C@@H](C(=O)C(C)(C)S)c1ccccc1. The second-order valence-corrected chi connectivity index (χ2v) is 5.82. The van der Waals surface area contributed by atoms with Gasteiger partial charge >= 0.3 is 0 Å². The summed E-state index contributed by atoms with van der Waals surface area (Å²) in [6, 6.07) is 9.57. The van der Waals surface area contributed by atoms with Crippen LogP contribution in [0.1, 0.15) is 25.5 Å². The highest BCUT2D eigenvalue weighted by Gasteiger charge is 2.32. The zero-order valence-corrected chi connectivity index (χ0v) is 11.2. The van der Waals surface area contributed by atoms with Gasteiger partial charge in [0.05, 0.1) is 10.8 Å². The minimum atomic E-state index is -0.620. The molecule has 88 valence electrons. The van der Waals surface area contributed by atoms with Gasteiger partial charge in [0.1, 0.15) is 0 Å². The van der Waals surface area contributed by atoms with Crippen LogP contribution in [0.4, 0.5) is 0 Å². The van der Waals surface area contributed by atoms with E-state index in [0.717, 1.165) is 5.56 Å². The zero-order chi connectivity index (χ0) is 12.3. The number of ketones is 1. The molecule has 16 heavy (non-hydrogen) atoms. The third-order valence-corrected chi connectivity index (χ3v) is 2.70. The van der Waals surface area contributed by atoms with Gasteiger partial charge in [-0.15, -0.1) is 0 Å². The molecule has 0 aliphatic rings. The molecule has 0 fully saturated rings. The van der Waals surface area contributed by atoms with E-state index in [9.17, 15) is 4.79 Å². The van der Waals surface area contributed by atoms with Crippen molar-refractivity contribution in [3.8, 4) is 0 Å². The number of likely N-dealkylation sites (N-methyl/N-ethyl adjacent to an activating group) is 1. The predicted molar refractivity (Wildman–Crippen MR) is 70.9 cm³/mol. The standard InChI is InChI=1S/C13H19NOS/c1-13(2,16)12(15)11(14(3)4)10-8-6-5-7-9-10/h5-9,11,16H,1-4H3/t11-/m1/s1. The number of Topliss-reactive ketones (excluding diaryl/α,β-unsaturated/α-hetero) is 1. The van der Waals surface area contributed by atoms with Gasteiger partial charge in [0.15, 0.2) is 5.78 Å². The Bertz CT molecular complexity index is 354. The summed E-state index contributed by atoms with van der Waals surface area (Å²) in [7, 11) is 3.82. The topological polar surface area (TPSA) is 20.3 Å². The molecule has 0 heterocycles. The summed E-state index contributed by atoms with van der Waals surface area (Å²) in [4.78, 5) is 14.2. The van der Waals surface area contributed by atoms with Crippen LogP contribution in [-0.4, -0.2) is 29.5 Å². The Kier molecular flexibility index (Phi) is 4.16. The van der Waals surface area contributed by atoms with Crippen LogP contribution in [0.25, 0.3) is 0 Å². The van der Waals surface area contributed by atoms with Gasteiger partial charge in [-0.25, -0.2) is 0 Å². The van der Waals surface area contributed by atoms with Crippen LogP contribution in [0.15, 0.2) is 30.3 Å². The van der Waals surface area contributed by atoms with E-state index >= 15 is 0 Å². The van der Waals surface area contributed by atoms with Crippen LogP contribution in [0.3, 0.4) is 0 Å². The first-order valence-corrected chi connectivity index (χ1v) is 5.77. The third-order valence-electron chi connectivity index (χ3n) is 2.48. The molecule has 0 radical (unpaired) electrons. The summed E-state index contributed by atoms with van der Waals surface area (Å²) in [5.74, 6) is 0.118. The molecule has 0 saturated heterocycles. The molecule has 0 spiro atoms. The molecular weight excluding hydrogens is 218 g/mol. The van der Waals surface area contributed by atoms with Gasteiger partial charge in [-0.05, 0) is 33.5 Å². The number of hydrogen-bond donors (Lipinski definition) is 1. The number of benzene rings is 1. The Morgan fingerprint density at radius 1 is 1.25 bits per heavy atom. The molecule has 0 aliphatic carbocycles. The minimum Gasteiger partial charge on any atom is -0.296 e. The zero-order valence-electron chi connectivity index (χ0n) is 10.3. The van der Waals surface area contributed by atoms with E-state index in [1.807, 2.05) is 63.2 Å². The van der Waals surface area contributed by atoms with E-state index in [1.54, 1.807) is 0 Å². The Morgan fingerprint density at radius 3 is 2.12 bits per heavy atom. The fourth-order valence-electron chi connectivity index (χ4n) is 1.65. The van der Waals surface area contributed by atoms with E-state index in [-0.39, 0.29) is 11.8 Å². The van der Waals surface area contributed by atoms with E-state index in [2.05, 4.69) is 12.6 Å². The molecule has 1 rings (SSSR count). The van der Waals surface area contributed by atoms with E-state index < -0.39 is 4.75 Å². The monoisotopic (exact) mass is 237 g/mol. The van der Waals surface area contributed by atoms with E-state index in [4.69, 9.17) is 0 Å². The molecule has 0 bridgehead atoms. The molecule has 1 atom stereocenters. The summed E-state index contributed by atoms with van der Waals surface area (Å²) >= 11 is 4.36. The molecule has 0 saturated carbocycles. The molecule has 0 amide bonds. The fraction of sp³-hybridized carbons (Fsp3) is 0.462. The van der Waals surface area contributed by atoms with Crippen molar-refractivity contribution in [2.75, 3.05) is 14.1 Å². The predicted octanol–water partition coefficient (Wildman–Crippen LogP) is 2.57. The number of hydrogen-bond acceptors (Lipinski definition) is 3. The highest BCUT2D eigenvalue weighted by molar-refractivity contribution is 7.82. The van der Waals surface area contributed by atoms with Gasteiger partial charge in [0, 0.05) is 0 Å². The first kappa shape index (κ1) is 13.3. The van der Waals surface area contributed by atoms with Crippen molar-refractivity contribution < 1.29 is 4.79 Å². The minimum absolute atomic E-state index is 0.118. The lowest BCUT2D eigenvalue weighted by Crippen LogP contribution is -2.37. The Hall–Kier alpha value is -0.800. The van der Waals surface area contributed by atoms with Crippen LogP contribution in [0, 0.1) is 0 Å². The van der Waals surface area contributed by atoms with Gasteiger partial charge in [-0.2, -0.15) is 12.6 Å². The number of rotatable bonds is 4. The second-order valence-electron chi connectivity index (χ2n) is 4.70. The molecule has 1 aromatic rings. The van der Waals surface area contributed by atoms with Crippen molar-refractivity contribution in [1.82, 2.24) is 4.90 Å². The first-order valence-electron chi connectivity index (χ1n) is 5.32. The van der Waals surface area contributed by atoms with Gasteiger partial charge < -0.3 is 0 Å². The summed E-state index contributed by atoms with van der Waals surface area (Å²) in [6.45, 7) is 3.66. The maximum atomic E-state index is 12.3. The number of carbonyl (C=O) groups is 1. The van der Waals surface area contributed by atoms with Gasteiger partial charge in [0.25, 0.3) is 0 Å². The first-order chi connectivity index (χ1) is 7.34. The summed E-state index contributed by atoms with van der Waals surface area (Å²) in [6.07, 6.45) is 0. The summed E-state index contributed by atoms with van der Waals surface area (Å²) in [5.41, 5.74) is 1.01. The number of thiol groups is 1. The molecule has 0 unspecified atom stereocenters. The lowest BCUT2D eigenvalue weighted by atomic mass is 9.94. The fourth-order valence-corrected chi connectivity index (χ4v) is 1.78. The quantitative estimate of drug-likeness (QED) is 0.812. The highest BCUT2D eigenvalue weighted by Crippen LogP contribution is 2.27. The smallest absolute Gasteiger partial charge is 0.169 e. The molecule has 3 heteroatoms. The van der Waals surface area contributed by atoms with Crippen LogP contribution in [0.5, 0.6) is 0 Å². The van der Waals surface area contributed by atoms with Crippen LogP contribution in [-0.2, 0) is 4.79 Å². The maximum absolute atomic E-state index is 12.3. The van der Waals surface area contributed by atoms with Crippen molar-refractivity contribution >= 4 is 18.4 Å². The Balaban J connectivity index is 3.07.